The van der Waals surface area contributed by atoms with E-state index in [0.29, 0.717) is 22.2 Å². The molecule has 0 amide bonds. The first-order chi connectivity index (χ1) is 10.6. The minimum Gasteiger partial charge on any atom is -0.465 e. The van der Waals surface area contributed by atoms with Gasteiger partial charge in [-0.25, -0.2) is 4.79 Å². The molecule has 0 N–H and O–H groups in total. The van der Waals surface area contributed by atoms with Crippen LogP contribution < -0.4 is 5.56 Å². The van der Waals surface area contributed by atoms with Crippen LogP contribution in [0.3, 0.4) is 0 Å². The van der Waals surface area contributed by atoms with E-state index < -0.39 is 5.97 Å². The molecule has 0 spiro atoms. The van der Waals surface area contributed by atoms with Crippen molar-refractivity contribution >= 4 is 16.9 Å². The first-order valence-electron chi connectivity index (χ1n) is 6.78. The number of rotatable bonds is 2. The molecule has 2 aromatic heterocycles. The summed E-state index contributed by atoms with van der Waals surface area (Å²) in [6.45, 7) is 1.72. The third kappa shape index (κ3) is 2.26. The summed E-state index contributed by atoms with van der Waals surface area (Å²) in [5.74, 6) is -0.499. The van der Waals surface area contributed by atoms with E-state index in [9.17, 15) is 9.59 Å². The van der Waals surface area contributed by atoms with Crippen LogP contribution in [0.15, 0.2) is 53.5 Å². The van der Waals surface area contributed by atoms with E-state index in [1.54, 1.807) is 25.3 Å². The Labute approximate surface area is 126 Å². The first-order valence-corrected chi connectivity index (χ1v) is 6.78. The van der Waals surface area contributed by atoms with E-state index in [4.69, 9.17) is 4.74 Å². The molecule has 0 saturated heterocycles. The predicted octanol–water partition coefficient (Wildman–Crippen LogP) is 2.48. The normalized spacial score (nSPS) is 10.6. The number of nitrogens with zero attached hydrogens (tertiary/aromatic N) is 2. The molecule has 5 heteroatoms. The van der Waals surface area contributed by atoms with Crippen LogP contribution in [0.2, 0.25) is 0 Å². The van der Waals surface area contributed by atoms with Gasteiger partial charge < -0.3 is 4.74 Å². The molecule has 1 aromatic carbocycles. The summed E-state index contributed by atoms with van der Waals surface area (Å²) >= 11 is 0. The maximum Gasteiger partial charge on any atom is 0.339 e. The summed E-state index contributed by atoms with van der Waals surface area (Å²) in [7, 11) is 1.30. The van der Waals surface area contributed by atoms with Crippen LogP contribution >= 0.6 is 0 Å². The van der Waals surface area contributed by atoms with Crippen molar-refractivity contribution in [3.63, 3.8) is 0 Å². The third-order valence-electron chi connectivity index (χ3n) is 3.51. The Bertz CT molecular complexity index is 914. The molecule has 3 rings (SSSR count). The molecule has 0 fully saturated rings. The van der Waals surface area contributed by atoms with Gasteiger partial charge >= 0.3 is 5.97 Å². The zero-order chi connectivity index (χ0) is 15.7. The second kappa shape index (κ2) is 5.44. The molecule has 110 valence electrons. The highest BCUT2D eigenvalue weighted by molar-refractivity contribution is 5.94. The lowest BCUT2D eigenvalue weighted by molar-refractivity contribution is 0.0599. The Morgan fingerprint density at radius 1 is 1.18 bits per heavy atom. The van der Waals surface area contributed by atoms with Crippen LogP contribution in [-0.2, 0) is 4.74 Å². The maximum atomic E-state index is 12.7. The van der Waals surface area contributed by atoms with E-state index in [1.165, 1.54) is 11.7 Å². The van der Waals surface area contributed by atoms with Crippen molar-refractivity contribution in [3.05, 3.63) is 70.3 Å². The molecule has 3 aromatic rings. The standard InChI is InChI=1S/C17H14N2O3/c1-11-13(17(21)22-2)10-14-15(18-11)8-9-19(16(14)20)12-6-4-3-5-7-12/h3-10H,1-2H3. The van der Waals surface area contributed by atoms with Crippen LogP contribution in [-0.4, -0.2) is 22.6 Å². The second-order valence-electron chi connectivity index (χ2n) is 4.87. The van der Waals surface area contributed by atoms with Crippen molar-refractivity contribution in [2.45, 2.75) is 6.92 Å². The van der Waals surface area contributed by atoms with Crippen molar-refractivity contribution in [2.24, 2.45) is 0 Å². The summed E-state index contributed by atoms with van der Waals surface area (Å²) in [4.78, 5) is 28.8. The van der Waals surface area contributed by atoms with Crippen LogP contribution in [0.25, 0.3) is 16.6 Å². The van der Waals surface area contributed by atoms with E-state index >= 15 is 0 Å². The van der Waals surface area contributed by atoms with Gasteiger partial charge in [0.15, 0.2) is 0 Å². The fourth-order valence-electron chi connectivity index (χ4n) is 2.37. The highest BCUT2D eigenvalue weighted by Gasteiger charge is 2.14. The minimum absolute atomic E-state index is 0.221. The molecule has 22 heavy (non-hydrogen) atoms. The molecule has 0 radical (unpaired) electrons. The van der Waals surface area contributed by atoms with Crippen molar-refractivity contribution in [1.29, 1.82) is 0 Å². The molecule has 0 unspecified atom stereocenters. The van der Waals surface area contributed by atoms with Gasteiger partial charge in [-0.3, -0.25) is 14.3 Å². The number of carbonyl (C=O) groups excluding carboxylic acids is 1. The number of methoxy groups -OCH3 is 1. The fourth-order valence-corrected chi connectivity index (χ4v) is 2.37. The molecular formula is C17H14N2O3. The Balaban J connectivity index is 2.29. The number of aryl methyl sites for hydroxylation is 1. The highest BCUT2D eigenvalue weighted by Crippen LogP contribution is 2.15. The number of hydrogen-bond donors (Lipinski definition) is 0. The number of carbonyl (C=O) groups is 1. The third-order valence-corrected chi connectivity index (χ3v) is 3.51. The fraction of sp³-hybridized carbons (Fsp3) is 0.118. The van der Waals surface area contributed by atoms with Gasteiger partial charge in [-0.1, -0.05) is 18.2 Å². The molecule has 2 heterocycles. The largest absolute Gasteiger partial charge is 0.465 e. The predicted molar refractivity (Wildman–Crippen MR) is 83.4 cm³/mol. The molecule has 0 atom stereocenters. The number of esters is 1. The van der Waals surface area contributed by atoms with E-state index in [1.807, 2.05) is 30.3 Å². The van der Waals surface area contributed by atoms with Crippen molar-refractivity contribution < 1.29 is 9.53 Å². The zero-order valence-corrected chi connectivity index (χ0v) is 12.2. The van der Waals surface area contributed by atoms with Crippen LogP contribution in [0, 0.1) is 6.92 Å². The zero-order valence-electron chi connectivity index (χ0n) is 12.2. The number of aromatic nitrogens is 2. The average Bonchev–Trinajstić information content (AvgIpc) is 2.55. The Kier molecular flexibility index (Phi) is 3.47. The van der Waals surface area contributed by atoms with Gasteiger partial charge in [-0.05, 0) is 31.2 Å². The number of fused-ring (bicyclic) bond motifs is 1. The van der Waals surface area contributed by atoms with Gasteiger partial charge in [0.1, 0.15) is 0 Å². The summed E-state index contributed by atoms with van der Waals surface area (Å²) in [5.41, 5.74) is 1.94. The minimum atomic E-state index is -0.499. The quantitative estimate of drug-likeness (QED) is 0.681. The molecule has 5 nitrogen and oxygen atoms in total. The smallest absolute Gasteiger partial charge is 0.339 e. The summed E-state index contributed by atoms with van der Waals surface area (Å²) in [6, 6.07) is 12.6. The van der Waals surface area contributed by atoms with E-state index in [-0.39, 0.29) is 5.56 Å². The SMILES string of the molecule is COC(=O)c1cc2c(=O)n(-c3ccccc3)ccc2nc1C. The summed E-state index contributed by atoms with van der Waals surface area (Å²) < 4.78 is 6.26. The number of para-hydroxylation sites is 1. The summed E-state index contributed by atoms with van der Waals surface area (Å²) in [5, 5.41) is 0.386. The highest BCUT2D eigenvalue weighted by atomic mass is 16.5. The van der Waals surface area contributed by atoms with E-state index in [2.05, 4.69) is 4.98 Å². The monoisotopic (exact) mass is 294 g/mol. The van der Waals surface area contributed by atoms with Gasteiger partial charge in [-0.2, -0.15) is 0 Å². The second-order valence-corrected chi connectivity index (χ2v) is 4.87. The lowest BCUT2D eigenvalue weighted by atomic mass is 10.1. The Morgan fingerprint density at radius 2 is 1.91 bits per heavy atom. The van der Waals surface area contributed by atoms with E-state index in [0.717, 1.165) is 5.69 Å². The van der Waals surface area contributed by atoms with Gasteiger partial charge in [0.2, 0.25) is 0 Å². The molecule has 0 aliphatic rings. The van der Waals surface area contributed by atoms with Crippen molar-refractivity contribution in [3.8, 4) is 5.69 Å². The number of benzene rings is 1. The molecule has 0 aliphatic carbocycles. The number of ether oxygens (including phenoxy) is 1. The van der Waals surface area contributed by atoms with Crippen LogP contribution in [0.4, 0.5) is 0 Å². The maximum absolute atomic E-state index is 12.7. The lowest BCUT2D eigenvalue weighted by Gasteiger charge is -2.09. The van der Waals surface area contributed by atoms with Crippen molar-refractivity contribution in [1.82, 2.24) is 9.55 Å². The molecule has 0 bridgehead atoms. The van der Waals surface area contributed by atoms with Crippen LogP contribution in [0.5, 0.6) is 0 Å². The Morgan fingerprint density at radius 3 is 2.59 bits per heavy atom. The molecular weight excluding hydrogens is 280 g/mol. The van der Waals surface area contributed by atoms with Gasteiger partial charge in [0, 0.05) is 11.9 Å². The Hall–Kier alpha value is -2.95. The van der Waals surface area contributed by atoms with Gasteiger partial charge in [0.25, 0.3) is 5.56 Å². The molecule has 0 aliphatic heterocycles. The van der Waals surface area contributed by atoms with Crippen molar-refractivity contribution in [2.75, 3.05) is 7.11 Å². The molecule has 0 saturated carbocycles. The lowest BCUT2D eigenvalue weighted by Crippen LogP contribution is -2.19. The average molecular weight is 294 g/mol. The number of hydrogen-bond acceptors (Lipinski definition) is 4. The topological polar surface area (TPSA) is 61.2 Å². The first kappa shape index (κ1) is 14.0. The van der Waals surface area contributed by atoms with Gasteiger partial charge in [0.05, 0.1) is 29.3 Å². The van der Waals surface area contributed by atoms with Gasteiger partial charge in [-0.15, -0.1) is 0 Å². The number of pyridine rings is 2. The summed E-state index contributed by atoms with van der Waals surface area (Å²) in [6.07, 6.45) is 1.68. The van der Waals surface area contributed by atoms with Crippen LogP contribution in [0.1, 0.15) is 16.1 Å².